The molecule has 0 saturated heterocycles. The van der Waals surface area contributed by atoms with Crippen LogP contribution in [0.3, 0.4) is 0 Å². The van der Waals surface area contributed by atoms with Gasteiger partial charge in [-0.25, -0.2) is 0 Å². The van der Waals surface area contributed by atoms with Crippen LogP contribution < -0.4 is 10.1 Å². The highest BCUT2D eigenvalue weighted by molar-refractivity contribution is 5.29. The highest BCUT2D eigenvalue weighted by atomic mass is 16.5. The van der Waals surface area contributed by atoms with Gasteiger partial charge in [-0.3, -0.25) is 4.98 Å². The predicted octanol–water partition coefficient (Wildman–Crippen LogP) is 2.84. The second-order valence-electron chi connectivity index (χ2n) is 3.96. The minimum atomic E-state index is 0.718. The van der Waals surface area contributed by atoms with Gasteiger partial charge in [-0.05, 0) is 38.4 Å². The van der Waals surface area contributed by atoms with Gasteiger partial charge >= 0.3 is 0 Å². The average molecular weight is 234 g/mol. The van der Waals surface area contributed by atoms with Gasteiger partial charge in [0.25, 0.3) is 0 Å². The van der Waals surface area contributed by atoms with Crippen LogP contribution in [0.15, 0.2) is 24.8 Å². The van der Waals surface area contributed by atoms with Crippen molar-refractivity contribution in [1.29, 1.82) is 0 Å². The van der Waals surface area contributed by atoms with Crippen LogP contribution in [0, 0.1) is 6.92 Å². The minimum absolute atomic E-state index is 0.718. The van der Waals surface area contributed by atoms with E-state index in [0.717, 1.165) is 49.7 Å². The summed E-state index contributed by atoms with van der Waals surface area (Å²) >= 11 is 0. The first-order chi connectivity index (χ1) is 8.27. The van der Waals surface area contributed by atoms with Gasteiger partial charge in [0.2, 0.25) is 0 Å². The van der Waals surface area contributed by atoms with Crippen LogP contribution >= 0.6 is 0 Å². The number of aryl methyl sites for hydroxylation is 1. The molecular formula is C14H22N2O. The van der Waals surface area contributed by atoms with Crippen LogP contribution in [0.2, 0.25) is 0 Å². The van der Waals surface area contributed by atoms with Crippen molar-refractivity contribution in [3.63, 3.8) is 0 Å². The van der Waals surface area contributed by atoms with Gasteiger partial charge in [0.1, 0.15) is 5.75 Å². The Morgan fingerprint density at radius 1 is 1.47 bits per heavy atom. The van der Waals surface area contributed by atoms with E-state index in [9.17, 15) is 0 Å². The Morgan fingerprint density at radius 2 is 2.29 bits per heavy atom. The third-order valence-electron chi connectivity index (χ3n) is 2.42. The van der Waals surface area contributed by atoms with Crippen LogP contribution in [0.4, 0.5) is 0 Å². The maximum Gasteiger partial charge on any atom is 0.142 e. The summed E-state index contributed by atoms with van der Waals surface area (Å²) in [7, 11) is 0. The molecule has 0 atom stereocenters. The molecule has 1 aromatic heterocycles. The highest BCUT2D eigenvalue weighted by Crippen LogP contribution is 2.17. The molecule has 1 heterocycles. The summed E-state index contributed by atoms with van der Waals surface area (Å²) in [5.74, 6) is 0.889. The summed E-state index contributed by atoms with van der Waals surface area (Å²) in [6, 6.07) is 3.99. The summed E-state index contributed by atoms with van der Waals surface area (Å²) in [5, 5.41) is 3.28. The Kier molecular flexibility index (Phi) is 6.33. The average Bonchev–Trinajstić information content (AvgIpc) is 2.34. The van der Waals surface area contributed by atoms with Crippen molar-refractivity contribution in [3.8, 4) is 5.75 Å². The summed E-state index contributed by atoms with van der Waals surface area (Å²) in [5.41, 5.74) is 2.02. The number of hydrogen-bond acceptors (Lipinski definition) is 3. The number of nitrogens with one attached hydrogen (secondary N) is 1. The lowest BCUT2D eigenvalue weighted by atomic mass is 10.2. The fraction of sp³-hybridized carbons (Fsp3) is 0.500. The zero-order chi connectivity index (χ0) is 12.5. The summed E-state index contributed by atoms with van der Waals surface area (Å²) in [6.45, 7) is 10.2. The molecule has 0 bridgehead atoms. The Balaban J connectivity index is 2.58. The van der Waals surface area contributed by atoms with Crippen molar-refractivity contribution in [2.75, 3.05) is 13.2 Å². The van der Waals surface area contributed by atoms with E-state index >= 15 is 0 Å². The molecule has 0 aliphatic heterocycles. The lowest BCUT2D eigenvalue weighted by Gasteiger charge is -2.11. The molecule has 3 heteroatoms. The minimum Gasteiger partial charge on any atom is -0.492 e. The highest BCUT2D eigenvalue weighted by Gasteiger charge is 2.05. The maximum absolute atomic E-state index is 5.74. The number of pyridine rings is 1. The van der Waals surface area contributed by atoms with Gasteiger partial charge < -0.3 is 10.1 Å². The Morgan fingerprint density at radius 3 is 3.00 bits per heavy atom. The molecule has 0 spiro atoms. The lowest BCUT2D eigenvalue weighted by Crippen LogP contribution is -2.14. The van der Waals surface area contributed by atoms with Crippen molar-refractivity contribution in [3.05, 3.63) is 36.2 Å². The normalized spacial score (nSPS) is 10.2. The summed E-state index contributed by atoms with van der Waals surface area (Å²) in [4.78, 5) is 4.50. The molecule has 1 aromatic rings. The third kappa shape index (κ3) is 5.00. The zero-order valence-electron chi connectivity index (χ0n) is 10.8. The zero-order valence-corrected chi connectivity index (χ0v) is 10.8. The van der Waals surface area contributed by atoms with E-state index in [4.69, 9.17) is 4.74 Å². The first-order valence-corrected chi connectivity index (χ1v) is 6.18. The van der Waals surface area contributed by atoms with E-state index in [2.05, 4.69) is 23.8 Å². The van der Waals surface area contributed by atoms with Crippen LogP contribution in [0.1, 0.15) is 31.2 Å². The van der Waals surface area contributed by atoms with E-state index in [-0.39, 0.29) is 0 Å². The molecule has 0 aliphatic rings. The molecule has 1 N–H and O–H groups in total. The van der Waals surface area contributed by atoms with Crippen LogP contribution in [-0.2, 0) is 6.54 Å². The topological polar surface area (TPSA) is 34.1 Å². The number of ether oxygens (including phenoxy) is 1. The largest absolute Gasteiger partial charge is 0.492 e. The predicted molar refractivity (Wildman–Crippen MR) is 71.3 cm³/mol. The SMILES string of the molecule is C=CCCCOc1ccc(C)nc1CNCC. The van der Waals surface area contributed by atoms with Crippen LogP contribution in [0.25, 0.3) is 0 Å². The number of hydrogen-bond donors (Lipinski definition) is 1. The molecule has 94 valence electrons. The lowest BCUT2D eigenvalue weighted by molar-refractivity contribution is 0.306. The van der Waals surface area contributed by atoms with Crippen LogP contribution in [-0.4, -0.2) is 18.1 Å². The summed E-state index contributed by atoms with van der Waals surface area (Å²) < 4.78 is 5.74. The molecular weight excluding hydrogens is 212 g/mol. The first-order valence-electron chi connectivity index (χ1n) is 6.18. The fourth-order valence-corrected chi connectivity index (χ4v) is 1.51. The maximum atomic E-state index is 5.74. The molecule has 17 heavy (non-hydrogen) atoms. The van der Waals surface area contributed by atoms with Crippen molar-refractivity contribution >= 4 is 0 Å². The number of aromatic nitrogens is 1. The molecule has 0 fully saturated rings. The molecule has 3 nitrogen and oxygen atoms in total. The molecule has 0 aromatic carbocycles. The van der Waals surface area contributed by atoms with Crippen molar-refractivity contribution < 1.29 is 4.74 Å². The second kappa shape index (κ2) is 7.85. The first kappa shape index (κ1) is 13.7. The molecule has 0 radical (unpaired) electrons. The fourth-order valence-electron chi connectivity index (χ4n) is 1.51. The Labute approximate surface area is 104 Å². The second-order valence-corrected chi connectivity index (χ2v) is 3.96. The number of rotatable bonds is 8. The van der Waals surface area contributed by atoms with Gasteiger partial charge in [-0.15, -0.1) is 6.58 Å². The Hall–Kier alpha value is -1.35. The van der Waals surface area contributed by atoms with Gasteiger partial charge in [-0.1, -0.05) is 13.0 Å². The van der Waals surface area contributed by atoms with E-state index < -0.39 is 0 Å². The number of unbranched alkanes of at least 4 members (excludes halogenated alkanes) is 1. The molecule has 0 aliphatic carbocycles. The number of allylic oxidation sites excluding steroid dienone is 1. The third-order valence-corrected chi connectivity index (χ3v) is 2.42. The Bertz CT molecular complexity index is 350. The van der Waals surface area contributed by atoms with Crippen molar-refractivity contribution in [2.45, 2.75) is 33.2 Å². The van der Waals surface area contributed by atoms with Crippen molar-refractivity contribution in [1.82, 2.24) is 10.3 Å². The molecule has 0 saturated carbocycles. The van der Waals surface area contributed by atoms with Gasteiger partial charge in [-0.2, -0.15) is 0 Å². The van der Waals surface area contributed by atoms with E-state index in [1.54, 1.807) is 0 Å². The smallest absolute Gasteiger partial charge is 0.142 e. The van der Waals surface area contributed by atoms with Gasteiger partial charge in [0.05, 0.1) is 12.3 Å². The molecule has 0 unspecified atom stereocenters. The standard InChI is InChI=1S/C14H22N2O/c1-4-6-7-10-17-14-9-8-12(3)16-13(14)11-15-5-2/h4,8-9,15H,1,5-7,10-11H2,2-3H3. The molecule has 1 rings (SSSR count). The molecule has 0 amide bonds. The van der Waals surface area contributed by atoms with Gasteiger partial charge in [0, 0.05) is 12.2 Å². The monoisotopic (exact) mass is 234 g/mol. The van der Waals surface area contributed by atoms with Crippen LogP contribution in [0.5, 0.6) is 5.75 Å². The van der Waals surface area contributed by atoms with E-state index in [1.165, 1.54) is 0 Å². The summed E-state index contributed by atoms with van der Waals surface area (Å²) in [6.07, 6.45) is 3.90. The van der Waals surface area contributed by atoms with E-state index in [1.807, 2.05) is 25.1 Å². The van der Waals surface area contributed by atoms with Gasteiger partial charge in [0.15, 0.2) is 0 Å². The van der Waals surface area contributed by atoms with Crippen molar-refractivity contribution in [2.24, 2.45) is 0 Å². The quantitative estimate of drug-likeness (QED) is 0.555. The van der Waals surface area contributed by atoms with E-state index in [0.29, 0.717) is 0 Å². The number of nitrogens with zero attached hydrogens (tertiary/aromatic N) is 1.